The SMILES string of the molecule is CC[C@@H]1C[C@H](NS(=O)(=O)Cc2cc(C)on2)C[C@@H]1c1nnc2cnc3[nH]ccc3n12. The number of rotatable bonds is 6. The minimum Gasteiger partial charge on any atom is -0.361 e. The van der Waals surface area contributed by atoms with Crippen LogP contribution in [0.3, 0.4) is 0 Å². The maximum Gasteiger partial charge on any atom is 0.217 e. The van der Waals surface area contributed by atoms with Gasteiger partial charge >= 0.3 is 0 Å². The summed E-state index contributed by atoms with van der Waals surface area (Å²) in [5.41, 5.74) is 2.80. The van der Waals surface area contributed by atoms with Crippen LogP contribution in [0.15, 0.2) is 29.0 Å². The van der Waals surface area contributed by atoms with Crippen molar-refractivity contribution in [2.45, 2.75) is 50.8 Å². The first-order valence-electron chi connectivity index (χ1n) is 10.0. The van der Waals surface area contributed by atoms with E-state index in [1.54, 1.807) is 19.2 Å². The van der Waals surface area contributed by atoms with Crippen LogP contribution < -0.4 is 4.72 Å². The Balaban J connectivity index is 1.41. The molecule has 3 atom stereocenters. The van der Waals surface area contributed by atoms with Gasteiger partial charge < -0.3 is 9.51 Å². The molecule has 4 aromatic rings. The molecule has 1 saturated carbocycles. The summed E-state index contributed by atoms with van der Waals surface area (Å²) in [7, 11) is -3.53. The van der Waals surface area contributed by atoms with Gasteiger partial charge in [-0.05, 0) is 31.7 Å². The minimum atomic E-state index is -3.53. The lowest BCUT2D eigenvalue weighted by molar-refractivity contribution is 0.392. The normalized spacial score (nSPS) is 22.4. The van der Waals surface area contributed by atoms with Gasteiger partial charge in [0.1, 0.15) is 23.0 Å². The molecule has 0 saturated heterocycles. The van der Waals surface area contributed by atoms with Crippen molar-refractivity contribution < 1.29 is 12.9 Å². The topological polar surface area (TPSA) is 131 Å². The third-order valence-corrected chi connectivity index (χ3v) is 7.25. The number of aromatic nitrogens is 6. The molecule has 1 aliphatic rings. The highest BCUT2D eigenvalue weighted by Crippen LogP contribution is 2.41. The van der Waals surface area contributed by atoms with Crippen LogP contribution in [-0.2, 0) is 15.8 Å². The van der Waals surface area contributed by atoms with Gasteiger partial charge in [0.05, 0.1) is 11.7 Å². The minimum absolute atomic E-state index is 0.104. The summed E-state index contributed by atoms with van der Waals surface area (Å²) in [6.45, 7) is 3.87. The molecule has 1 aliphatic carbocycles. The van der Waals surface area contributed by atoms with Gasteiger partial charge in [-0.15, -0.1) is 10.2 Å². The summed E-state index contributed by atoms with van der Waals surface area (Å²) in [4.78, 5) is 7.49. The van der Waals surface area contributed by atoms with Crippen LogP contribution in [0.2, 0.25) is 0 Å². The summed E-state index contributed by atoms with van der Waals surface area (Å²) in [6.07, 6.45) is 5.90. The van der Waals surface area contributed by atoms with Crippen LogP contribution in [-0.4, -0.2) is 44.2 Å². The molecule has 4 heterocycles. The number of nitrogens with one attached hydrogen (secondary N) is 2. The second kappa shape index (κ2) is 7.17. The highest BCUT2D eigenvalue weighted by atomic mass is 32.2. The molecule has 0 bridgehead atoms. The van der Waals surface area contributed by atoms with Crippen molar-refractivity contribution in [3.05, 3.63) is 41.8 Å². The number of aromatic amines is 1. The number of fused-ring (bicyclic) bond motifs is 3. The number of hydrogen-bond acceptors (Lipinski definition) is 7. The Kier molecular flexibility index (Phi) is 4.58. The fourth-order valence-corrected chi connectivity index (χ4v) is 5.91. The zero-order valence-corrected chi connectivity index (χ0v) is 17.6. The van der Waals surface area contributed by atoms with Gasteiger partial charge in [0.15, 0.2) is 11.3 Å². The molecule has 2 N–H and O–H groups in total. The molecule has 158 valence electrons. The lowest BCUT2D eigenvalue weighted by Crippen LogP contribution is -2.34. The first-order chi connectivity index (χ1) is 14.4. The zero-order chi connectivity index (χ0) is 20.9. The average Bonchev–Trinajstić information content (AvgIpc) is 3.45. The fraction of sp³-hybridized carbons (Fsp3) is 0.474. The van der Waals surface area contributed by atoms with Crippen molar-refractivity contribution in [1.29, 1.82) is 0 Å². The van der Waals surface area contributed by atoms with Crippen molar-refractivity contribution in [3.63, 3.8) is 0 Å². The maximum atomic E-state index is 12.7. The number of sulfonamides is 1. The van der Waals surface area contributed by atoms with Crippen LogP contribution in [0.4, 0.5) is 0 Å². The van der Waals surface area contributed by atoms with Gasteiger partial charge in [0.2, 0.25) is 10.0 Å². The number of H-pyrrole nitrogens is 1. The van der Waals surface area contributed by atoms with Crippen molar-refractivity contribution in [3.8, 4) is 0 Å². The van der Waals surface area contributed by atoms with E-state index in [4.69, 9.17) is 4.52 Å². The first kappa shape index (κ1) is 19.2. The van der Waals surface area contributed by atoms with E-state index in [2.05, 4.69) is 37.0 Å². The lowest BCUT2D eigenvalue weighted by atomic mass is 9.93. The molecule has 0 amide bonds. The second-order valence-corrected chi connectivity index (χ2v) is 9.72. The Morgan fingerprint density at radius 2 is 2.20 bits per heavy atom. The van der Waals surface area contributed by atoms with Crippen LogP contribution >= 0.6 is 0 Å². The molecule has 5 rings (SSSR count). The molecule has 0 aliphatic heterocycles. The Hall–Kier alpha value is -2.79. The molecule has 11 heteroatoms. The van der Waals surface area contributed by atoms with Gasteiger partial charge in [-0.25, -0.2) is 18.1 Å². The van der Waals surface area contributed by atoms with Gasteiger partial charge in [-0.2, -0.15) is 0 Å². The number of hydrogen-bond donors (Lipinski definition) is 2. The van der Waals surface area contributed by atoms with E-state index in [0.717, 1.165) is 29.8 Å². The molecule has 4 aromatic heterocycles. The summed E-state index contributed by atoms with van der Waals surface area (Å²) < 4.78 is 35.2. The predicted octanol–water partition coefficient (Wildman–Crippen LogP) is 2.29. The number of nitrogens with zero attached hydrogens (tertiary/aromatic N) is 5. The van der Waals surface area contributed by atoms with Gasteiger partial charge in [-0.3, -0.25) is 4.40 Å². The van der Waals surface area contributed by atoms with Crippen molar-refractivity contribution in [2.24, 2.45) is 5.92 Å². The van der Waals surface area contributed by atoms with Gasteiger partial charge in [0.25, 0.3) is 0 Å². The van der Waals surface area contributed by atoms with Crippen LogP contribution in [0.5, 0.6) is 0 Å². The third kappa shape index (κ3) is 3.37. The Labute approximate surface area is 173 Å². The lowest BCUT2D eigenvalue weighted by Gasteiger charge is -2.16. The second-order valence-electron chi connectivity index (χ2n) is 7.97. The monoisotopic (exact) mass is 429 g/mol. The first-order valence-corrected chi connectivity index (χ1v) is 11.7. The van der Waals surface area contributed by atoms with Crippen molar-refractivity contribution in [2.75, 3.05) is 0 Å². The van der Waals surface area contributed by atoms with E-state index in [1.165, 1.54) is 0 Å². The van der Waals surface area contributed by atoms with Crippen LogP contribution in [0.25, 0.3) is 16.8 Å². The predicted molar refractivity (Wildman–Crippen MR) is 109 cm³/mol. The largest absolute Gasteiger partial charge is 0.361 e. The maximum absolute atomic E-state index is 12.7. The molecule has 0 spiro atoms. The summed E-state index contributed by atoms with van der Waals surface area (Å²) in [5, 5.41) is 12.6. The highest BCUT2D eigenvalue weighted by Gasteiger charge is 2.38. The van der Waals surface area contributed by atoms with E-state index in [9.17, 15) is 8.42 Å². The smallest absolute Gasteiger partial charge is 0.217 e. The van der Waals surface area contributed by atoms with Crippen LogP contribution in [0.1, 0.15) is 49.4 Å². The van der Waals surface area contributed by atoms with E-state index >= 15 is 0 Å². The van der Waals surface area contributed by atoms with Gasteiger partial charge in [0, 0.05) is 24.2 Å². The van der Waals surface area contributed by atoms with Crippen LogP contribution in [0, 0.1) is 12.8 Å². The third-order valence-electron chi connectivity index (χ3n) is 5.88. The van der Waals surface area contributed by atoms with E-state index in [1.807, 2.05) is 16.7 Å². The Morgan fingerprint density at radius 3 is 2.97 bits per heavy atom. The molecule has 10 nitrogen and oxygen atoms in total. The van der Waals surface area contributed by atoms with Gasteiger partial charge in [-0.1, -0.05) is 18.5 Å². The Bertz CT molecular complexity index is 1310. The molecule has 1 fully saturated rings. The zero-order valence-electron chi connectivity index (χ0n) is 16.7. The fourth-order valence-electron chi connectivity index (χ4n) is 4.60. The highest BCUT2D eigenvalue weighted by molar-refractivity contribution is 7.88. The molecule has 0 radical (unpaired) electrons. The van der Waals surface area contributed by atoms with Crippen molar-refractivity contribution >= 4 is 26.8 Å². The Morgan fingerprint density at radius 1 is 1.33 bits per heavy atom. The molecule has 0 aromatic carbocycles. The quantitative estimate of drug-likeness (QED) is 0.481. The standard InChI is InChI=1S/C19H23N7O3S/c1-3-12-7-13(25-30(27,28)10-14-6-11(2)29-24-14)8-15(12)19-23-22-17-9-21-18-16(26(17)19)4-5-20-18/h4-6,9,12-13,15,20,25H,3,7-8,10H2,1-2H3/t12-,13+,15+/m1/s1. The van der Waals surface area contributed by atoms with E-state index in [-0.39, 0.29) is 17.7 Å². The average molecular weight is 430 g/mol. The van der Waals surface area contributed by atoms with E-state index in [0.29, 0.717) is 29.4 Å². The van der Waals surface area contributed by atoms with Crippen molar-refractivity contribution in [1.82, 2.24) is 34.4 Å². The number of aryl methyl sites for hydroxylation is 1. The molecule has 30 heavy (non-hydrogen) atoms. The van der Waals surface area contributed by atoms with E-state index < -0.39 is 10.0 Å². The molecular formula is C19H23N7O3S. The summed E-state index contributed by atoms with van der Waals surface area (Å²) in [5.74, 6) is 1.68. The molecular weight excluding hydrogens is 406 g/mol. The molecule has 0 unspecified atom stereocenters. The summed E-state index contributed by atoms with van der Waals surface area (Å²) >= 11 is 0. The summed E-state index contributed by atoms with van der Waals surface area (Å²) in [6, 6.07) is 3.44.